The van der Waals surface area contributed by atoms with Gasteiger partial charge in [0.1, 0.15) is 23.4 Å². The Morgan fingerprint density at radius 2 is 1.91 bits per heavy atom. The molecule has 4 atom stereocenters. The lowest BCUT2D eigenvalue weighted by molar-refractivity contribution is 0.0490. The zero-order valence-electron chi connectivity index (χ0n) is 17.9. The van der Waals surface area contributed by atoms with Crippen molar-refractivity contribution in [2.24, 2.45) is 5.92 Å². The fraction of sp³-hybridized carbons (Fsp3) is 0.550. The molecule has 0 saturated carbocycles. The summed E-state index contributed by atoms with van der Waals surface area (Å²) in [6, 6.07) is 0.841. The minimum atomic E-state index is -4.26. The highest BCUT2D eigenvalue weighted by Gasteiger charge is 2.44. The van der Waals surface area contributed by atoms with E-state index in [0.29, 0.717) is 22.1 Å². The van der Waals surface area contributed by atoms with E-state index in [1.807, 2.05) is 0 Å². The molecule has 9 nitrogen and oxygen atoms in total. The van der Waals surface area contributed by atoms with E-state index in [1.54, 1.807) is 0 Å². The Morgan fingerprint density at radius 3 is 2.53 bits per heavy atom. The summed E-state index contributed by atoms with van der Waals surface area (Å²) < 4.78 is 62.4. The fourth-order valence-electron chi connectivity index (χ4n) is 4.06. The summed E-state index contributed by atoms with van der Waals surface area (Å²) in [5.74, 6) is 0.249. The van der Waals surface area contributed by atoms with E-state index in [1.165, 1.54) is 12.3 Å². The molecular formula is C20H23Cl2F2N5O4S. The van der Waals surface area contributed by atoms with Crippen molar-refractivity contribution in [1.82, 2.24) is 19.1 Å². The SMILES string of the molecule is O=c1c(Cl)c(NC[C@H]2CCCOC2)cnn1C1[C@H](F)CN(S(=O)(=O)c2ccc(Cl)cn2)C[C@@H]1F. The first-order chi connectivity index (χ1) is 16.2. The number of hydrogen-bond acceptors (Lipinski definition) is 7. The molecule has 1 unspecified atom stereocenters. The molecule has 2 fully saturated rings. The van der Waals surface area contributed by atoms with E-state index < -0.39 is 47.1 Å². The molecule has 186 valence electrons. The van der Waals surface area contributed by atoms with Gasteiger partial charge in [0.15, 0.2) is 5.03 Å². The second-order valence-electron chi connectivity index (χ2n) is 8.25. The summed E-state index contributed by atoms with van der Waals surface area (Å²) in [4.78, 5) is 16.5. The van der Waals surface area contributed by atoms with Gasteiger partial charge in [-0.25, -0.2) is 26.9 Å². The van der Waals surface area contributed by atoms with Gasteiger partial charge in [0.05, 0.1) is 23.5 Å². The normalized spacial score (nSPS) is 26.4. The lowest BCUT2D eigenvalue weighted by atomic mass is 10.0. The third-order valence-corrected chi connectivity index (χ3v) is 8.20. The van der Waals surface area contributed by atoms with Gasteiger partial charge in [0.2, 0.25) is 0 Å². The van der Waals surface area contributed by atoms with Crippen LogP contribution in [0.25, 0.3) is 0 Å². The summed E-state index contributed by atoms with van der Waals surface area (Å²) in [5.41, 5.74) is -0.606. The van der Waals surface area contributed by atoms with Crippen LogP contribution in [0.1, 0.15) is 18.9 Å². The molecule has 0 bridgehead atoms. The molecule has 0 amide bonds. The molecule has 2 aliphatic rings. The van der Waals surface area contributed by atoms with Crippen molar-refractivity contribution in [2.75, 3.05) is 38.2 Å². The minimum absolute atomic E-state index is 0.219. The first-order valence-corrected chi connectivity index (χ1v) is 12.9. The molecule has 0 aromatic carbocycles. The van der Waals surface area contributed by atoms with E-state index >= 15 is 8.78 Å². The number of anilines is 1. The summed E-state index contributed by atoms with van der Waals surface area (Å²) in [5, 5.41) is 6.57. The Kier molecular flexibility index (Phi) is 7.72. The topological polar surface area (TPSA) is 106 Å². The molecule has 2 aromatic heterocycles. The van der Waals surface area contributed by atoms with E-state index in [4.69, 9.17) is 27.9 Å². The predicted molar refractivity (Wildman–Crippen MR) is 122 cm³/mol. The van der Waals surface area contributed by atoms with Gasteiger partial charge in [-0.05, 0) is 30.9 Å². The molecule has 2 aromatic rings. The van der Waals surface area contributed by atoms with Crippen LogP contribution in [0.4, 0.5) is 14.5 Å². The maximum Gasteiger partial charge on any atom is 0.288 e. The lowest BCUT2D eigenvalue weighted by Gasteiger charge is -2.36. The van der Waals surface area contributed by atoms with Crippen LogP contribution in [0.3, 0.4) is 0 Å². The summed E-state index contributed by atoms with van der Waals surface area (Å²) >= 11 is 11.9. The van der Waals surface area contributed by atoms with Crippen molar-refractivity contribution in [2.45, 2.75) is 36.3 Å². The molecule has 0 radical (unpaired) electrons. The van der Waals surface area contributed by atoms with E-state index in [2.05, 4.69) is 15.4 Å². The Labute approximate surface area is 205 Å². The highest BCUT2D eigenvalue weighted by Crippen LogP contribution is 2.31. The predicted octanol–water partition coefficient (Wildman–Crippen LogP) is 2.71. The van der Waals surface area contributed by atoms with Crippen LogP contribution in [-0.2, 0) is 14.8 Å². The number of hydrogen-bond donors (Lipinski definition) is 1. The number of sulfonamides is 1. The van der Waals surface area contributed by atoms with Crippen LogP contribution in [0, 0.1) is 5.92 Å². The molecule has 2 saturated heterocycles. The van der Waals surface area contributed by atoms with E-state index in [9.17, 15) is 13.2 Å². The van der Waals surface area contributed by atoms with E-state index in [0.717, 1.165) is 31.7 Å². The maximum atomic E-state index is 15.1. The van der Waals surface area contributed by atoms with Gasteiger partial charge in [0, 0.05) is 32.4 Å². The maximum absolute atomic E-state index is 15.1. The van der Waals surface area contributed by atoms with Crippen molar-refractivity contribution in [3.8, 4) is 0 Å². The average Bonchev–Trinajstić information content (AvgIpc) is 2.81. The molecule has 2 aliphatic heterocycles. The lowest BCUT2D eigenvalue weighted by Crippen LogP contribution is -2.53. The third-order valence-electron chi connectivity index (χ3n) is 5.86. The summed E-state index contributed by atoms with van der Waals surface area (Å²) in [6.07, 6.45) is 0.181. The standard InChI is InChI=1S/C20H23Cl2F2N5O4S/c21-13-3-4-17(26-7-13)34(31,32)28-9-14(23)19(15(24)10-28)29-20(30)18(22)16(8-27-29)25-6-12-2-1-5-33-11-12/h3-4,7-8,12,14-15,19,25H,1-2,5-6,9-11H2/t12-,14-,15+,19?/m1/s1. The average molecular weight is 538 g/mol. The quantitative estimate of drug-likeness (QED) is 0.603. The minimum Gasteiger partial charge on any atom is -0.382 e. The zero-order valence-corrected chi connectivity index (χ0v) is 20.2. The molecule has 1 N–H and O–H groups in total. The van der Waals surface area contributed by atoms with Gasteiger partial charge in [-0.3, -0.25) is 4.79 Å². The van der Waals surface area contributed by atoms with E-state index in [-0.39, 0.29) is 26.7 Å². The van der Waals surface area contributed by atoms with Gasteiger partial charge in [-0.2, -0.15) is 9.40 Å². The monoisotopic (exact) mass is 537 g/mol. The molecule has 34 heavy (non-hydrogen) atoms. The number of alkyl halides is 2. The molecule has 0 spiro atoms. The zero-order chi connectivity index (χ0) is 24.5. The number of piperidine rings is 1. The molecular weight excluding hydrogens is 515 g/mol. The summed E-state index contributed by atoms with van der Waals surface area (Å²) in [7, 11) is -4.26. The van der Waals surface area contributed by atoms with Crippen LogP contribution in [0.2, 0.25) is 10.0 Å². The second kappa shape index (κ2) is 10.4. The highest BCUT2D eigenvalue weighted by molar-refractivity contribution is 7.89. The van der Waals surface area contributed by atoms with Crippen molar-refractivity contribution in [3.63, 3.8) is 0 Å². The number of ether oxygens (including phenoxy) is 1. The first-order valence-electron chi connectivity index (χ1n) is 10.7. The van der Waals surface area contributed by atoms with Crippen LogP contribution >= 0.6 is 23.2 Å². The second-order valence-corrected chi connectivity index (χ2v) is 10.9. The van der Waals surface area contributed by atoms with Gasteiger partial charge in [0.25, 0.3) is 15.6 Å². The largest absolute Gasteiger partial charge is 0.382 e. The molecule has 0 aliphatic carbocycles. The van der Waals surface area contributed by atoms with Crippen molar-refractivity contribution in [3.05, 3.63) is 44.9 Å². The Balaban J connectivity index is 1.50. The number of pyridine rings is 1. The van der Waals surface area contributed by atoms with Gasteiger partial charge < -0.3 is 10.1 Å². The van der Waals surface area contributed by atoms with Gasteiger partial charge in [-0.1, -0.05) is 23.2 Å². The number of halogens is 4. The van der Waals surface area contributed by atoms with Crippen LogP contribution < -0.4 is 10.9 Å². The highest BCUT2D eigenvalue weighted by atomic mass is 35.5. The van der Waals surface area contributed by atoms with Crippen LogP contribution in [-0.4, -0.2) is 72.7 Å². The molecule has 14 heteroatoms. The third kappa shape index (κ3) is 5.20. The van der Waals surface area contributed by atoms with Crippen molar-refractivity contribution < 1.29 is 21.9 Å². The number of aromatic nitrogens is 3. The Morgan fingerprint density at radius 1 is 1.18 bits per heavy atom. The summed E-state index contributed by atoms with van der Waals surface area (Å²) in [6.45, 7) is 0.475. The van der Waals surface area contributed by atoms with Gasteiger partial charge in [-0.15, -0.1) is 0 Å². The smallest absolute Gasteiger partial charge is 0.288 e. The van der Waals surface area contributed by atoms with Crippen LogP contribution in [0.5, 0.6) is 0 Å². The fourth-order valence-corrected chi connectivity index (χ4v) is 5.74. The number of nitrogens with zero attached hydrogens (tertiary/aromatic N) is 4. The molecule has 4 heterocycles. The first kappa shape index (κ1) is 25.2. The number of nitrogens with one attached hydrogen (secondary N) is 1. The van der Waals surface area contributed by atoms with Crippen molar-refractivity contribution >= 4 is 38.9 Å². The van der Waals surface area contributed by atoms with Gasteiger partial charge >= 0.3 is 0 Å². The Hall–Kier alpha value is -1.86. The van der Waals surface area contributed by atoms with Crippen LogP contribution in [0.15, 0.2) is 34.3 Å². The van der Waals surface area contributed by atoms with Crippen molar-refractivity contribution in [1.29, 1.82) is 0 Å². The Bertz CT molecular complexity index is 1170. The number of rotatable bonds is 6. The molecule has 4 rings (SSSR count).